The van der Waals surface area contributed by atoms with Gasteiger partial charge in [0.25, 0.3) is 0 Å². The molecular formula is C21H31F3N4O2. The average molecular weight is 428 g/mol. The first kappa shape index (κ1) is 24.0. The van der Waals surface area contributed by atoms with Gasteiger partial charge < -0.3 is 14.7 Å². The Labute approximate surface area is 176 Å². The van der Waals surface area contributed by atoms with Gasteiger partial charge in [0.05, 0.1) is 5.56 Å². The van der Waals surface area contributed by atoms with Gasteiger partial charge in [-0.2, -0.15) is 13.2 Å². The van der Waals surface area contributed by atoms with Crippen molar-refractivity contribution in [3.8, 4) is 0 Å². The molecule has 30 heavy (non-hydrogen) atoms. The fourth-order valence-electron chi connectivity index (χ4n) is 3.53. The lowest BCUT2D eigenvalue weighted by Gasteiger charge is -2.35. The standard InChI is InChI=1S/C21H31F3N4O2/c1-3-10-27(11-4-2)19(29)6-5-7-20(30)28-14-12-26(13-15-28)18-9-8-17(16-25-18)21(22,23)24/h8-9,16H,3-7,10-15H2,1-2H3. The van der Waals surface area contributed by atoms with Crippen molar-refractivity contribution in [2.75, 3.05) is 44.2 Å². The smallest absolute Gasteiger partial charge is 0.353 e. The number of aromatic nitrogens is 1. The predicted molar refractivity (Wildman–Crippen MR) is 109 cm³/mol. The van der Waals surface area contributed by atoms with E-state index in [2.05, 4.69) is 4.98 Å². The molecule has 0 atom stereocenters. The largest absolute Gasteiger partial charge is 0.417 e. The van der Waals surface area contributed by atoms with Crippen molar-refractivity contribution in [2.24, 2.45) is 0 Å². The summed E-state index contributed by atoms with van der Waals surface area (Å²) in [7, 11) is 0. The number of hydrogen-bond donors (Lipinski definition) is 0. The number of anilines is 1. The van der Waals surface area contributed by atoms with E-state index in [0.29, 0.717) is 51.3 Å². The van der Waals surface area contributed by atoms with Crippen molar-refractivity contribution in [1.29, 1.82) is 0 Å². The number of alkyl halides is 3. The van der Waals surface area contributed by atoms with Gasteiger partial charge in [0.2, 0.25) is 11.8 Å². The number of pyridine rings is 1. The molecule has 0 saturated carbocycles. The monoisotopic (exact) mass is 428 g/mol. The van der Waals surface area contributed by atoms with Crippen LogP contribution in [-0.4, -0.2) is 65.9 Å². The lowest BCUT2D eigenvalue weighted by molar-refractivity contribution is -0.138. The minimum Gasteiger partial charge on any atom is -0.353 e. The maximum absolute atomic E-state index is 12.7. The first-order valence-electron chi connectivity index (χ1n) is 10.6. The van der Waals surface area contributed by atoms with Gasteiger partial charge in [0.15, 0.2) is 0 Å². The highest BCUT2D eigenvalue weighted by atomic mass is 19.4. The molecule has 1 aromatic heterocycles. The Morgan fingerprint density at radius 1 is 1.03 bits per heavy atom. The van der Waals surface area contributed by atoms with Gasteiger partial charge in [0.1, 0.15) is 5.82 Å². The van der Waals surface area contributed by atoms with E-state index in [0.717, 1.165) is 38.2 Å². The summed E-state index contributed by atoms with van der Waals surface area (Å²) in [4.78, 5) is 34.1. The van der Waals surface area contributed by atoms with E-state index in [1.165, 1.54) is 6.07 Å². The SMILES string of the molecule is CCCN(CCC)C(=O)CCCC(=O)N1CCN(c2ccc(C(F)(F)F)cn2)CC1. The van der Waals surface area contributed by atoms with Crippen LogP contribution in [0, 0.1) is 0 Å². The molecule has 1 aliphatic heterocycles. The topological polar surface area (TPSA) is 56.8 Å². The van der Waals surface area contributed by atoms with Crippen LogP contribution < -0.4 is 4.90 Å². The van der Waals surface area contributed by atoms with Gasteiger partial charge in [0, 0.05) is 58.3 Å². The molecule has 0 aliphatic carbocycles. The molecule has 0 unspecified atom stereocenters. The van der Waals surface area contributed by atoms with Crippen LogP contribution in [0.25, 0.3) is 0 Å². The first-order valence-corrected chi connectivity index (χ1v) is 10.6. The second kappa shape index (κ2) is 11.2. The van der Waals surface area contributed by atoms with Gasteiger partial charge in [-0.3, -0.25) is 9.59 Å². The summed E-state index contributed by atoms with van der Waals surface area (Å²) in [6, 6.07) is 2.39. The number of carbonyl (C=O) groups excluding carboxylic acids is 2. The quantitative estimate of drug-likeness (QED) is 0.604. The summed E-state index contributed by atoms with van der Waals surface area (Å²) in [6.07, 6.45) is -0.488. The van der Waals surface area contributed by atoms with E-state index in [1.807, 2.05) is 23.6 Å². The summed E-state index contributed by atoms with van der Waals surface area (Å²) in [5, 5.41) is 0. The predicted octanol–water partition coefficient (Wildman–Crippen LogP) is 3.57. The van der Waals surface area contributed by atoms with Crippen molar-refractivity contribution >= 4 is 17.6 Å². The molecule has 1 aliphatic rings. The van der Waals surface area contributed by atoms with E-state index in [9.17, 15) is 22.8 Å². The van der Waals surface area contributed by atoms with Crippen LogP contribution >= 0.6 is 0 Å². The highest BCUT2D eigenvalue weighted by Crippen LogP contribution is 2.29. The third-order valence-electron chi connectivity index (χ3n) is 5.15. The van der Waals surface area contributed by atoms with Crippen molar-refractivity contribution in [1.82, 2.24) is 14.8 Å². The summed E-state index contributed by atoms with van der Waals surface area (Å²) in [6.45, 7) is 7.61. The highest BCUT2D eigenvalue weighted by Gasteiger charge is 2.31. The molecule has 6 nitrogen and oxygen atoms in total. The summed E-state index contributed by atoms with van der Waals surface area (Å²) < 4.78 is 38.0. The summed E-state index contributed by atoms with van der Waals surface area (Å²) in [5.74, 6) is 0.595. The van der Waals surface area contributed by atoms with Crippen molar-refractivity contribution < 1.29 is 22.8 Å². The van der Waals surface area contributed by atoms with E-state index < -0.39 is 11.7 Å². The third-order valence-corrected chi connectivity index (χ3v) is 5.15. The molecular weight excluding hydrogens is 397 g/mol. The summed E-state index contributed by atoms with van der Waals surface area (Å²) in [5.41, 5.74) is -0.772. The minimum atomic E-state index is -4.40. The zero-order valence-electron chi connectivity index (χ0n) is 17.7. The van der Waals surface area contributed by atoms with Crippen molar-refractivity contribution in [2.45, 2.75) is 52.1 Å². The zero-order valence-corrected chi connectivity index (χ0v) is 17.7. The molecule has 0 aromatic carbocycles. The molecule has 0 N–H and O–H groups in total. The van der Waals surface area contributed by atoms with E-state index in [-0.39, 0.29) is 11.8 Å². The molecule has 1 saturated heterocycles. The number of amides is 2. The molecule has 1 fully saturated rings. The normalized spacial score (nSPS) is 14.7. The molecule has 2 amide bonds. The van der Waals surface area contributed by atoms with Crippen LogP contribution in [0.2, 0.25) is 0 Å². The van der Waals surface area contributed by atoms with Gasteiger partial charge >= 0.3 is 6.18 Å². The Morgan fingerprint density at radius 2 is 1.67 bits per heavy atom. The lowest BCUT2D eigenvalue weighted by Crippen LogP contribution is -2.49. The molecule has 2 rings (SSSR count). The Balaban J connectivity index is 1.75. The van der Waals surface area contributed by atoms with Gasteiger partial charge in [-0.15, -0.1) is 0 Å². The number of carbonyl (C=O) groups is 2. The molecule has 0 radical (unpaired) electrons. The maximum Gasteiger partial charge on any atom is 0.417 e. The zero-order chi connectivity index (χ0) is 22.1. The van der Waals surface area contributed by atoms with Gasteiger partial charge in [-0.05, 0) is 31.4 Å². The number of hydrogen-bond acceptors (Lipinski definition) is 4. The highest BCUT2D eigenvalue weighted by molar-refractivity contribution is 5.79. The Hall–Kier alpha value is -2.32. The second-order valence-corrected chi connectivity index (χ2v) is 7.51. The number of piperazine rings is 1. The van der Waals surface area contributed by atoms with Gasteiger partial charge in [-0.1, -0.05) is 13.8 Å². The molecule has 168 valence electrons. The number of nitrogens with zero attached hydrogens (tertiary/aromatic N) is 4. The molecule has 0 spiro atoms. The Bertz CT molecular complexity index is 680. The Kier molecular flexibility index (Phi) is 8.92. The minimum absolute atomic E-state index is 0.0142. The molecule has 9 heteroatoms. The van der Waals surface area contributed by atoms with E-state index in [1.54, 1.807) is 4.90 Å². The van der Waals surface area contributed by atoms with Crippen LogP contribution in [0.5, 0.6) is 0 Å². The van der Waals surface area contributed by atoms with Gasteiger partial charge in [-0.25, -0.2) is 4.98 Å². The van der Waals surface area contributed by atoms with Crippen molar-refractivity contribution in [3.63, 3.8) is 0 Å². The van der Waals surface area contributed by atoms with Crippen LogP contribution in [-0.2, 0) is 15.8 Å². The second-order valence-electron chi connectivity index (χ2n) is 7.51. The first-order chi connectivity index (χ1) is 14.3. The number of rotatable bonds is 9. The number of halogens is 3. The Morgan fingerprint density at radius 3 is 2.17 bits per heavy atom. The van der Waals surface area contributed by atoms with Crippen LogP contribution in [0.1, 0.15) is 51.5 Å². The summed E-state index contributed by atoms with van der Waals surface area (Å²) >= 11 is 0. The molecule has 0 bridgehead atoms. The fraction of sp³-hybridized carbons (Fsp3) is 0.667. The van der Waals surface area contributed by atoms with Crippen LogP contribution in [0.15, 0.2) is 18.3 Å². The fourth-order valence-corrected chi connectivity index (χ4v) is 3.53. The molecule has 2 heterocycles. The van der Waals surface area contributed by atoms with Crippen molar-refractivity contribution in [3.05, 3.63) is 23.9 Å². The van der Waals surface area contributed by atoms with E-state index in [4.69, 9.17) is 0 Å². The third kappa shape index (κ3) is 6.88. The molecule has 1 aromatic rings. The average Bonchev–Trinajstić information content (AvgIpc) is 2.73. The van der Waals surface area contributed by atoms with Crippen LogP contribution in [0.4, 0.5) is 19.0 Å². The van der Waals surface area contributed by atoms with E-state index >= 15 is 0 Å². The lowest BCUT2D eigenvalue weighted by atomic mass is 10.1. The van der Waals surface area contributed by atoms with Crippen LogP contribution in [0.3, 0.4) is 0 Å². The maximum atomic E-state index is 12.7.